The average molecular weight is 439 g/mol. The normalized spacial score (nSPS) is 23.5. The maximum Gasteiger partial charge on any atom is 0.242 e. The molecule has 2 aliphatic rings. The lowest BCUT2D eigenvalue weighted by Gasteiger charge is -2.37. The van der Waals surface area contributed by atoms with E-state index in [2.05, 4.69) is 47.3 Å². The van der Waals surface area contributed by atoms with Crippen LogP contribution in [-0.2, 0) is 14.8 Å². The molecule has 2 fully saturated rings. The number of aryl methyl sites for hydroxylation is 1. The second-order valence-electron chi connectivity index (χ2n) is 9.70. The molecule has 0 spiro atoms. The van der Waals surface area contributed by atoms with Gasteiger partial charge in [-0.05, 0) is 69.3 Å². The summed E-state index contributed by atoms with van der Waals surface area (Å²) in [5.74, 6) is 1.25. The first kappa shape index (κ1) is 23.4. The number of sulfonamides is 1. The number of ether oxygens (including phenoxy) is 1. The second kappa shape index (κ2) is 9.51. The van der Waals surface area contributed by atoms with Crippen LogP contribution in [0.25, 0.3) is 0 Å². The van der Waals surface area contributed by atoms with Crippen molar-refractivity contribution in [3.63, 3.8) is 0 Å². The number of rotatable bonds is 6. The Morgan fingerprint density at radius 3 is 2.63 bits per heavy atom. The van der Waals surface area contributed by atoms with Crippen molar-refractivity contribution < 1.29 is 13.2 Å². The number of hydrogen-bond donors (Lipinski definition) is 1. The molecule has 0 saturated carbocycles. The molecular formula is C22H38N4O3S. The van der Waals surface area contributed by atoms with Gasteiger partial charge in [0.1, 0.15) is 10.7 Å². The summed E-state index contributed by atoms with van der Waals surface area (Å²) in [5, 5.41) is 0. The van der Waals surface area contributed by atoms with Gasteiger partial charge in [-0.25, -0.2) is 18.1 Å². The Labute approximate surface area is 182 Å². The second-order valence-corrected chi connectivity index (χ2v) is 11.4. The number of hydrogen-bond acceptors (Lipinski definition) is 6. The van der Waals surface area contributed by atoms with Crippen LogP contribution >= 0.6 is 0 Å². The Kier molecular flexibility index (Phi) is 7.43. The SMILES string of the molecule is Cc1cc(N2CCCOC(C(C)C)C2)ncc1S(=O)(=O)NCC1(C)CCN(C)CC1. The van der Waals surface area contributed by atoms with Crippen LogP contribution in [-0.4, -0.2) is 70.8 Å². The van der Waals surface area contributed by atoms with E-state index in [0.29, 0.717) is 12.5 Å². The van der Waals surface area contributed by atoms with Gasteiger partial charge < -0.3 is 14.5 Å². The minimum Gasteiger partial charge on any atom is -0.376 e. The van der Waals surface area contributed by atoms with Gasteiger partial charge >= 0.3 is 0 Å². The van der Waals surface area contributed by atoms with Gasteiger partial charge in [0.2, 0.25) is 10.0 Å². The highest BCUT2D eigenvalue weighted by atomic mass is 32.2. The third-order valence-corrected chi connectivity index (χ3v) is 8.12. The van der Waals surface area contributed by atoms with Crippen LogP contribution < -0.4 is 9.62 Å². The third-order valence-electron chi connectivity index (χ3n) is 6.59. The summed E-state index contributed by atoms with van der Waals surface area (Å²) in [6, 6.07) is 1.90. The minimum absolute atomic E-state index is 0.00123. The molecule has 2 saturated heterocycles. The van der Waals surface area contributed by atoms with Crippen molar-refractivity contribution in [1.29, 1.82) is 0 Å². The quantitative estimate of drug-likeness (QED) is 0.736. The van der Waals surface area contributed by atoms with Crippen molar-refractivity contribution in [3.05, 3.63) is 17.8 Å². The molecule has 1 unspecified atom stereocenters. The number of likely N-dealkylation sites (tertiary alicyclic amines) is 1. The molecule has 8 heteroatoms. The Bertz CT molecular complexity index is 820. The van der Waals surface area contributed by atoms with Crippen LogP contribution in [0.15, 0.2) is 17.2 Å². The molecule has 1 N–H and O–H groups in total. The molecule has 0 bridgehead atoms. The van der Waals surface area contributed by atoms with E-state index in [-0.39, 0.29) is 16.4 Å². The number of anilines is 1. The van der Waals surface area contributed by atoms with E-state index >= 15 is 0 Å². The summed E-state index contributed by atoms with van der Waals surface area (Å²) >= 11 is 0. The highest BCUT2D eigenvalue weighted by Crippen LogP contribution is 2.30. The molecule has 0 aromatic carbocycles. The van der Waals surface area contributed by atoms with Crippen LogP contribution in [0.2, 0.25) is 0 Å². The van der Waals surface area contributed by atoms with Gasteiger partial charge in [0.15, 0.2) is 0 Å². The van der Waals surface area contributed by atoms with E-state index < -0.39 is 10.0 Å². The lowest BCUT2D eigenvalue weighted by molar-refractivity contribution is 0.0375. The van der Waals surface area contributed by atoms with Crippen molar-refractivity contribution >= 4 is 15.8 Å². The predicted octanol–water partition coefficient (Wildman–Crippen LogP) is 2.65. The largest absolute Gasteiger partial charge is 0.376 e. The molecule has 3 heterocycles. The van der Waals surface area contributed by atoms with Gasteiger partial charge in [0.05, 0.1) is 6.10 Å². The number of pyridine rings is 1. The van der Waals surface area contributed by atoms with E-state index in [0.717, 1.165) is 63.4 Å². The number of piperidine rings is 1. The van der Waals surface area contributed by atoms with Gasteiger partial charge in [-0.15, -0.1) is 0 Å². The summed E-state index contributed by atoms with van der Waals surface area (Å²) in [4.78, 5) is 9.31. The molecule has 7 nitrogen and oxygen atoms in total. The molecule has 2 aliphatic heterocycles. The van der Waals surface area contributed by atoms with Crippen molar-refractivity contribution in [2.45, 2.75) is 58.0 Å². The first-order chi connectivity index (χ1) is 14.1. The first-order valence-corrected chi connectivity index (χ1v) is 12.6. The van der Waals surface area contributed by atoms with Gasteiger partial charge in [-0.3, -0.25) is 0 Å². The average Bonchev–Trinajstić information content (AvgIpc) is 2.95. The number of nitrogens with zero attached hydrogens (tertiary/aromatic N) is 3. The molecule has 30 heavy (non-hydrogen) atoms. The van der Waals surface area contributed by atoms with Crippen LogP contribution in [0.1, 0.15) is 45.6 Å². The van der Waals surface area contributed by atoms with Crippen LogP contribution in [0, 0.1) is 18.3 Å². The van der Waals surface area contributed by atoms with Crippen LogP contribution in [0.5, 0.6) is 0 Å². The maximum atomic E-state index is 13.0. The standard InChI is InChI=1S/C22H38N4O3S/c1-17(2)19-15-26(9-6-12-29-19)21-13-18(3)20(14-23-21)30(27,28)24-16-22(4)7-10-25(5)11-8-22/h13-14,17,19,24H,6-12,15-16H2,1-5H3. The minimum atomic E-state index is -3.59. The molecule has 0 radical (unpaired) electrons. The van der Waals surface area contributed by atoms with Crippen molar-refractivity contribution in [2.75, 3.05) is 51.3 Å². The third kappa shape index (κ3) is 5.72. The van der Waals surface area contributed by atoms with E-state index in [1.165, 1.54) is 6.20 Å². The summed E-state index contributed by atoms with van der Waals surface area (Å²) in [7, 11) is -1.48. The van der Waals surface area contributed by atoms with Crippen molar-refractivity contribution in [3.8, 4) is 0 Å². The fourth-order valence-electron chi connectivity index (χ4n) is 4.13. The molecular weight excluding hydrogens is 400 g/mol. The molecule has 1 aromatic heterocycles. The van der Waals surface area contributed by atoms with Gasteiger partial charge in [0, 0.05) is 32.4 Å². The monoisotopic (exact) mass is 438 g/mol. The molecule has 1 aromatic rings. The van der Waals surface area contributed by atoms with Gasteiger partial charge in [0.25, 0.3) is 0 Å². The summed E-state index contributed by atoms with van der Waals surface area (Å²) < 4.78 is 34.8. The lowest BCUT2D eigenvalue weighted by atomic mass is 9.81. The topological polar surface area (TPSA) is 74.8 Å². The van der Waals surface area contributed by atoms with Crippen molar-refractivity contribution in [1.82, 2.24) is 14.6 Å². The number of nitrogens with one attached hydrogen (secondary N) is 1. The fraction of sp³-hybridized carbons (Fsp3) is 0.773. The zero-order valence-corrected chi connectivity index (χ0v) is 20.0. The van der Waals surface area contributed by atoms with Crippen molar-refractivity contribution in [2.24, 2.45) is 11.3 Å². The van der Waals surface area contributed by atoms with Crippen LogP contribution in [0.3, 0.4) is 0 Å². The predicted molar refractivity (Wildman–Crippen MR) is 120 cm³/mol. The van der Waals surface area contributed by atoms with Gasteiger partial charge in [-0.1, -0.05) is 20.8 Å². The Hall–Kier alpha value is -1.22. The van der Waals surface area contributed by atoms with E-state index in [9.17, 15) is 8.42 Å². The van der Waals surface area contributed by atoms with E-state index in [1.807, 2.05) is 13.0 Å². The zero-order chi connectivity index (χ0) is 21.9. The Morgan fingerprint density at radius 2 is 2.00 bits per heavy atom. The first-order valence-electron chi connectivity index (χ1n) is 11.1. The zero-order valence-electron chi connectivity index (χ0n) is 19.1. The summed E-state index contributed by atoms with van der Waals surface area (Å²) in [6.07, 6.45) is 4.61. The molecule has 170 valence electrons. The molecule has 1 atom stereocenters. The van der Waals surface area contributed by atoms with E-state index in [1.54, 1.807) is 0 Å². The van der Waals surface area contributed by atoms with Crippen LogP contribution in [0.4, 0.5) is 5.82 Å². The lowest BCUT2D eigenvalue weighted by Crippen LogP contribution is -2.43. The molecule has 0 aliphatic carbocycles. The smallest absolute Gasteiger partial charge is 0.242 e. The molecule has 0 amide bonds. The fourth-order valence-corrected chi connectivity index (χ4v) is 5.50. The number of aromatic nitrogens is 1. The Morgan fingerprint density at radius 1 is 1.30 bits per heavy atom. The maximum absolute atomic E-state index is 13.0. The molecule has 3 rings (SSSR count). The van der Waals surface area contributed by atoms with E-state index in [4.69, 9.17) is 4.74 Å². The Balaban J connectivity index is 1.70. The summed E-state index contributed by atoms with van der Waals surface area (Å²) in [6.45, 7) is 13.2. The summed E-state index contributed by atoms with van der Waals surface area (Å²) in [5.41, 5.74) is 0.728. The van der Waals surface area contributed by atoms with Gasteiger partial charge in [-0.2, -0.15) is 0 Å². The highest BCUT2D eigenvalue weighted by molar-refractivity contribution is 7.89. The highest BCUT2D eigenvalue weighted by Gasteiger charge is 2.31.